The molecule has 0 amide bonds. The van der Waals surface area contributed by atoms with Gasteiger partial charge >= 0.3 is 0 Å². The topological polar surface area (TPSA) is 60.2 Å². The highest BCUT2D eigenvalue weighted by Gasteiger charge is 2.21. The minimum absolute atomic E-state index is 0.0856. The fraction of sp³-hybridized carbons (Fsp3) is 0.0769. The Morgan fingerprint density at radius 1 is 1.00 bits per heavy atom. The Labute approximate surface area is 113 Å². The van der Waals surface area contributed by atoms with Crippen LogP contribution in [-0.2, 0) is 15.6 Å². The number of benzene rings is 2. The van der Waals surface area contributed by atoms with Gasteiger partial charge in [0.15, 0.2) is 9.84 Å². The molecule has 2 aromatic carbocycles. The van der Waals surface area contributed by atoms with Gasteiger partial charge in [-0.1, -0.05) is 6.07 Å². The van der Waals surface area contributed by atoms with Crippen molar-refractivity contribution in [1.29, 1.82) is 0 Å². The van der Waals surface area contributed by atoms with Crippen LogP contribution in [0.3, 0.4) is 0 Å². The SMILES string of the molecule is Nc1cc(F)cc(S(=O)(=O)Cc2c(F)cccc2F)c1. The van der Waals surface area contributed by atoms with Crippen LogP contribution in [0.25, 0.3) is 0 Å². The van der Waals surface area contributed by atoms with E-state index in [9.17, 15) is 21.6 Å². The highest BCUT2D eigenvalue weighted by molar-refractivity contribution is 7.90. The average Bonchev–Trinajstić information content (AvgIpc) is 2.33. The minimum Gasteiger partial charge on any atom is -0.399 e. The zero-order valence-corrected chi connectivity index (χ0v) is 10.9. The molecule has 106 valence electrons. The van der Waals surface area contributed by atoms with Gasteiger partial charge in [0.2, 0.25) is 0 Å². The number of hydrogen-bond acceptors (Lipinski definition) is 3. The molecule has 0 spiro atoms. The van der Waals surface area contributed by atoms with Crippen LogP contribution < -0.4 is 5.73 Å². The molecule has 0 saturated heterocycles. The molecule has 0 radical (unpaired) electrons. The van der Waals surface area contributed by atoms with E-state index in [1.807, 2.05) is 0 Å². The summed E-state index contributed by atoms with van der Waals surface area (Å²) in [7, 11) is -4.10. The maximum Gasteiger partial charge on any atom is 0.182 e. The smallest absolute Gasteiger partial charge is 0.182 e. The number of anilines is 1. The number of sulfone groups is 1. The monoisotopic (exact) mass is 301 g/mol. The molecule has 20 heavy (non-hydrogen) atoms. The number of nitrogen functional groups attached to an aromatic ring is 1. The minimum atomic E-state index is -4.10. The van der Waals surface area contributed by atoms with E-state index in [-0.39, 0.29) is 5.69 Å². The van der Waals surface area contributed by atoms with E-state index in [1.54, 1.807) is 0 Å². The molecule has 0 fully saturated rings. The third kappa shape index (κ3) is 2.93. The van der Waals surface area contributed by atoms with Crippen LogP contribution >= 0.6 is 0 Å². The summed E-state index contributed by atoms with van der Waals surface area (Å²) in [6, 6.07) is 5.77. The predicted octanol–water partition coefficient (Wildman–Crippen LogP) is 2.66. The highest BCUT2D eigenvalue weighted by Crippen LogP contribution is 2.23. The van der Waals surface area contributed by atoms with Gasteiger partial charge in [-0.2, -0.15) is 0 Å². The highest BCUT2D eigenvalue weighted by atomic mass is 32.2. The maximum absolute atomic E-state index is 13.5. The second-order valence-corrected chi connectivity index (χ2v) is 6.17. The van der Waals surface area contributed by atoms with Crippen molar-refractivity contribution < 1.29 is 21.6 Å². The standard InChI is InChI=1S/C13H10F3NO2S/c14-8-4-9(17)6-10(5-8)20(18,19)7-11-12(15)2-1-3-13(11)16/h1-6H,7,17H2. The number of halogens is 3. The zero-order valence-electron chi connectivity index (χ0n) is 10.1. The van der Waals surface area contributed by atoms with Gasteiger partial charge in [-0.05, 0) is 30.3 Å². The normalized spacial score (nSPS) is 11.6. The Morgan fingerprint density at radius 2 is 1.60 bits per heavy atom. The van der Waals surface area contributed by atoms with E-state index in [0.717, 1.165) is 36.4 Å². The van der Waals surface area contributed by atoms with E-state index in [1.165, 1.54) is 0 Å². The largest absolute Gasteiger partial charge is 0.399 e. The molecule has 2 N–H and O–H groups in total. The summed E-state index contributed by atoms with van der Waals surface area (Å²) < 4.78 is 64.2. The lowest BCUT2D eigenvalue weighted by atomic mass is 10.2. The molecule has 0 aliphatic rings. The number of hydrogen-bond donors (Lipinski definition) is 1. The van der Waals surface area contributed by atoms with Crippen molar-refractivity contribution in [1.82, 2.24) is 0 Å². The van der Waals surface area contributed by atoms with Gasteiger partial charge in [-0.15, -0.1) is 0 Å². The fourth-order valence-electron chi connectivity index (χ4n) is 1.71. The van der Waals surface area contributed by atoms with Gasteiger partial charge in [0, 0.05) is 11.3 Å². The van der Waals surface area contributed by atoms with Crippen molar-refractivity contribution in [2.75, 3.05) is 5.73 Å². The lowest BCUT2D eigenvalue weighted by Gasteiger charge is -2.08. The molecular weight excluding hydrogens is 291 g/mol. The molecule has 0 heterocycles. The second kappa shape index (κ2) is 5.16. The van der Waals surface area contributed by atoms with Gasteiger partial charge in [0.05, 0.1) is 10.6 Å². The van der Waals surface area contributed by atoms with E-state index in [0.29, 0.717) is 0 Å². The van der Waals surface area contributed by atoms with Gasteiger partial charge in [0.1, 0.15) is 17.5 Å². The van der Waals surface area contributed by atoms with Crippen LogP contribution in [0, 0.1) is 17.5 Å². The summed E-state index contributed by atoms with van der Waals surface area (Å²) in [5.74, 6) is -3.69. The van der Waals surface area contributed by atoms with Crippen LogP contribution in [0.15, 0.2) is 41.3 Å². The third-order valence-electron chi connectivity index (χ3n) is 2.65. The molecule has 0 atom stereocenters. The first kappa shape index (κ1) is 14.4. The first-order chi connectivity index (χ1) is 9.29. The summed E-state index contributed by atoms with van der Waals surface area (Å²) in [5.41, 5.74) is 4.68. The molecule has 0 aliphatic heterocycles. The van der Waals surface area contributed by atoms with Gasteiger partial charge in [0.25, 0.3) is 0 Å². The van der Waals surface area contributed by atoms with Crippen LogP contribution in [0.4, 0.5) is 18.9 Å². The Hall–Kier alpha value is -2.02. The van der Waals surface area contributed by atoms with Crippen molar-refractivity contribution >= 4 is 15.5 Å². The second-order valence-electron chi connectivity index (χ2n) is 4.18. The van der Waals surface area contributed by atoms with E-state index in [2.05, 4.69) is 0 Å². The Kier molecular flexibility index (Phi) is 3.71. The molecule has 0 aromatic heterocycles. The molecular formula is C13H10F3NO2S. The molecule has 3 nitrogen and oxygen atoms in total. The Balaban J connectivity index is 2.46. The van der Waals surface area contributed by atoms with Crippen LogP contribution in [0.1, 0.15) is 5.56 Å². The lowest BCUT2D eigenvalue weighted by Crippen LogP contribution is -2.09. The first-order valence-electron chi connectivity index (χ1n) is 5.51. The predicted molar refractivity (Wildman–Crippen MR) is 68.1 cm³/mol. The fourth-order valence-corrected chi connectivity index (χ4v) is 3.14. The van der Waals surface area contributed by atoms with Crippen molar-refractivity contribution in [3.8, 4) is 0 Å². The Bertz CT molecular complexity index is 720. The average molecular weight is 301 g/mol. The van der Waals surface area contributed by atoms with Gasteiger partial charge < -0.3 is 5.73 Å². The summed E-state index contributed by atoms with van der Waals surface area (Å²) in [6.07, 6.45) is 0. The summed E-state index contributed by atoms with van der Waals surface area (Å²) in [6.45, 7) is 0. The summed E-state index contributed by atoms with van der Waals surface area (Å²) >= 11 is 0. The quantitative estimate of drug-likeness (QED) is 0.887. The summed E-state index contributed by atoms with van der Waals surface area (Å²) in [4.78, 5) is -0.419. The van der Waals surface area contributed by atoms with Crippen LogP contribution in [0.5, 0.6) is 0 Å². The molecule has 0 saturated carbocycles. The van der Waals surface area contributed by atoms with Gasteiger partial charge in [-0.3, -0.25) is 0 Å². The lowest BCUT2D eigenvalue weighted by molar-refractivity contribution is 0.555. The number of rotatable bonds is 3. The molecule has 2 rings (SSSR count). The van der Waals surface area contributed by atoms with Crippen molar-refractivity contribution in [2.45, 2.75) is 10.6 Å². The van der Waals surface area contributed by atoms with Crippen molar-refractivity contribution in [3.05, 3.63) is 59.4 Å². The van der Waals surface area contributed by atoms with Crippen molar-refractivity contribution in [2.24, 2.45) is 0 Å². The van der Waals surface area contributed by atoms with E-state index >= 15 is 0 Å². The maximum atomic E-state index is 13.5. The zero-order chi connectivity index (χ0) is 14.9. The van der Waals surface area contributed by atoms with Crippen LogP contribution in [-0.4, -0.2) is 8.42 Å². The van der Waals surface area contributed by atoms with E-state index in [4.69, 9.17) is 5.73 Å². The molecule has 7 heteroatoms. The first-order valence-corrected chi connectivity index (χ1v) is 7.16. The van der Waals surface area contributed by atoms with Crippen molar-refractivity contribution in [3.63, 3.8) is 0 Å². The molecule has 0 unspecified atom stereocenters. The third-order valence-corrected chi connectivity index (χ3v) is 4.27. The number of nitrogens with two attached hydrogens (primary N) is 1. The summed E-state index contributed by atoms with van der Waals surface area (Å²) in [5, 5.41) is 0. The molecule has 2 aromatic rings. The Morgan fingerprint density at radius 3 is 2.15 bits per heavy atom. The van der Waals surface area contributed by atoms with Crippen LogP contribution in [0.2, 0.25) is 0 Å². The molecule has 0 aliphatic carbocycles. The van der Waals surface area contributed by atoms with E-state index < -0.39 is 43.5 Å². The van der Waals surface area contributed by atoms with Gasteiger partial charge in [-0.25, -0.2) is 21.6 Å². The molecule has 0 bridgehead atoms.